The van der Waals surface area contributed by atoms with Crippen LogP contribution in [0.3, 0.4) is 0 Å². The molecule has 17 heavy (non-hydrogen) atoms. The SMILES string of the molecule is CCOC(=O)c1csc(-c2ccccc2)[n+]1C. The van der Waals surface area contributed by atoms with E-state index in [1.165, 1.54) is 0 Å². The normalized spacial score (nSPS) is 10.2. The molecule has 0 unspecified atom stereocenters. The average molecular weight is 248 g/mol. The maximum atomic E-state index is 11.7. The summed E-state index contributed by atoms with van der Waals surface area (Å²) in [5, 5.41) is 2.88. The number of ether oxygens (including phenoxy) is 1. The molecule has 1 aromatic carbocycles. The summed E-state index contributed by atoms with van der Waals surface area (Å²) in [7, 11) is 1.88. The number of hydrogen-bond acceptors (Lipinski definition) is 3. The molecule has 0 saturated carbocycles. The predicted molar refractivity (Wildman–Crippen MR) is 66.9 cm³/mol. The van der Waals surface area contributed by atoms with Gasteiger partial charge in [-0.3, -0.25) is 0 Å². The van der Waals surface area contributed by atoms with Crippen LogP contribution < -0.4 is 4.57 Å². The number of hydrogen-bond donors (Lipinski definition) is 0. The van der Waals surface area contributed by atoms with Gasteiger partial charge in [0, 0.05) is 0 Å². The summed E-state index contributed by atoms with van der Waals surface area (Å²) in [6, 6.07) is 10.0. The molecule has 0 atom stereocenters. The molecule has 3 nitrogen and oxygen atoms in total. The third-order valence-corrected chi connectivity index (χ3v) is 3.53. The molecule has 4 heteroatoms. The van der Waals surface area contributed by atoms with Gasteiger partial charge in [0.2, 0.25) is 0 Å². The van der Waals surface area contributed by atoms with E-state index >= 15 is 0 Å². The zero-order valence-electron chi connectivity index (χ0n) is 9.84. The lowest BCUT2D eigenvalue weighted by Gasteiger charge is -1.97. The predicted octanol–water partition coefficient (Wildman–Crippen LogP) is 2.42. The highest BCUT2D eigenvalue weighted by Gasteiger charge is 2.24. The molecule has 0 radical (unpaired) electrons. The smallest absolute Gasteiger partial charge is 0.404 e. The summed E-state index contributed by atoms with van der Waals surface area (Å²) in [6.45, 7) is 2.21. The fourth-order valence-corrected chi connectivity index (χ4v) is 2.62. The second-order valence-electron chi connectivity index (χ2n) is 3.57. The highest BCUT2D eigenvalue weighted by molar-refractivity contribution is 7.12. The van der Waals surface area contributed by atoms with Gasteiger partial charge in [0.15, 0.2) is 0 Å². The molecule has 88 valence electrons. The molecular weight excluding hydrogens is 234 g/mol. The number of carbonyl (C=O) groups is 1. The Kier molecular flexibility index (Phi) is 3.54. The van der Waals surface area contributed by atoms with Gasteiger partial charge in [-0.25, -0.2) is 4.79 Å². The van der Waals surface area contributed by atoms with Crippen LogP contribution in [-0.4, -0.2) is 12.6 Å². The Morgan fingerprint density at radius 3 is 2.71 bits per heavy atom. The minimum absolute atomic E-state index is 0.270. The van der Waals surface area contributed by atoms with E-state index in [1.807, 2.05) is 54.3 Å². The van der Waals surface area contributed by atoms with Crippen LogP contribution in [-0.2, 0) is 11.8 Å². The Labute approximate surface area is 104 Å². The maximum Gasteiger partial charge on any atom is 0.404 e. The third kappa shape index (κ3) is 2.36. The molecule has 2 aromatic rings. The number of aromatic nitrogens is 1. The Bertz CT molecular complexity index is 519. The summed E-state index contributed by atoms with van der Waals surface area (Å²) in [6.07, 6.45) is 0. The van der Waals surface area contributed by atoms with E-state index < -0.39 is 0 Å². The largest absolute Gasteiger partial charge is 0.458 e. The number of carbonyl (C=O) groups excluding carboxylic acids is 1. The Balaban J connectivity index is 2.37. The number of rotatable bonds is 3. The number of nitrogens with zero attached hydrogens (tertiary/aromatic N) is 1. The molecule has 0 fully saturated rings. The van der Waals surface area contributed by atoms with Crippen molar-refractivity contribution in [2.24, 2.45) is 7.05 Å². The molecule has 0 spiro atoms. The van der Waals surface area contributed by atoms with Crippen LogP contribution in [0, 0.1) is 0 Å². The summed E-state index contributed by atoms with van der Waals surface area (Å²) >= 11 is 1.55. The zero-order chi connectivity index (χ0) is 12.3. The lowest BCUT2D eigenvalue weighted by Crippen LogP contribution is -2.35. The van der Waals surface area contributed by atoms with Gasteiger partial charge in [0.25, 0.3) is 5.01 Å². The van der Waals surface area contributed by atoms with Gasteiger partial charge in [0.1, 0.15) is 7.05 Å². The average Bonchev–Trinajstić information content (AvgIpc) is 2.72. The molecule has 0 N–H and O–H groups in total. The van der Waals surface area contributed by atoms with Crippen LogP contribution in [0.15, 0.2) is 35.7 Å². The molecule has 0 saturated heterocycles. The van der Waals surface area contributed by atoms with Gasteiger partial charge in [-0.05, 0) is 19.1 Å². The summed E-state index contributed by atoms with van der Waals surface area (Å²) < 4.78 is 6.88. The Morgan fingerprint density at radius 1 is 1.35 bits per heavy atom. The topological polar surface area (TPSA) is 30.2 Å². The van der Waals surface area contributed by atoms with Crippen LogP contribution in [0.25, 0.3) is 10.6 Å². The maximum absolute atomic E-state index is 11.7. The minimum atomic E-state index is -0.270. The van der Waals surface area contributed by atoms with Gasteiger partial charge in [0.05, 0.1) is 17.6 Å². The number of benzene rings is 1. The van der Waals surface area contributed by atoms with Crippen LogP contribution in [0.5, 0.6) is 0 Å². The van der Waals surface area contributed by atoms with E-state index in [-0.39, 0.29) is 5.97 Å². The molecule has 0 amide bonds. The van der Waals surface area contributed by atoms with Crippen molar-refractivity contribution in [2.75, 3.05) is 6.61 Å². The minimum Gasteiger partial charge on any atom is -0.458 e. The van der Waals surface area contributed by atoms with E-state index in [0.29, 0.717) is 12.3 Å². The van der Waals surface area contributed by atoms with Crippen LogP contribution in [0.2, 0.25) is 0 Å². The standard InChI is InChI=1S/C13H14NO2S/c1-3-16-13(15)11-9-17-12(14(11)2)10-7-5-4-6-8-10/h4-9H,3H2,1-2H3/q+1. The first-order chi connectivity index (χ1) is 8.24. The highest BCUT2D eigenvalue weighted by atomic mass is 32.1. The van der Waals surface area contributed by atoms with Crippen LogP contribution in [0.4, 0.5) is 0 Å². The molecule has 0 aliphatic heterocycles. The third-order valence-electron chi connectivity index (χ3n) is 2.45. The molecule has 2 rings (SSSR count). The molecule has 1 aromatic heterocycles. The quantitative estimate of drug-likeness (QED) is 0.617. The van der Waals surface area contributed by atoms with Crippen molar-refractivity contribution in [3.05, 3.63) is 41.4 Å². The summed E-state index contributed by atoms with van der Waals surface area (Å²) in [5.74, 6) is -0.270. The number of esters is 1. The van der Waals surface area contributed by atoms with Crippen molar-refractivity contribution in [3.8, 4) is 10.6 Å². The lowest BCUT2D eigenvalue weighted by molar-refractivity contribution is -0.658. The van der Waals surface area contributed by atoms with Crippen molar-refractivity contribution in [1.29, 1.82) is 0 Å². The van der Waals surface area contributed by atoms with Crippen molar-refractivity contribution >= 4 is 17.3 Å². The van der Waals surface area contributed by atoms with Crippen LogP contribution in [0.1, 0.15) is 17.4 Å². The number of thiazole rings is 1. The van der Waals surface area contributed by atoms with Gasteiger partial charge >= 0.3 is 11.7 Å². The second kappa shape index (κ2) is 5.10. The fraction of sp³-hybridized carbons (Fsp3) is 0.231. The summed E-state index contributed by atoms with van der Waals surface area (Å²) in [4.78, 5) is 11.7. The second-order valence-corrected chi connectivity index (χ2v) is 4.43. The van der Waals surface area contributed by atoms with E-state index in [4.69, 9.17) is 4.74 Å². The Hall–Kier alpha value is -1.68. The Morgan fingerprint density at radius 2 is 2.06 bits per heavy atom. The first-order valence-electron chi connectivity index (χ1n) is 5.44. The fourth-order valence-electron chi connectivity index (χ4n) is 1.61. The van der Waals surface area contributed by atoms with Gasteiger partial charge in [-0.2, -0.15) is 4.57 Å². The molecule has 0 aliphatic carbocycles. The monoisotopic (exact) mass is 248 g/mol. The van der Waals surface area contributed by atoms with Crippen molar-refractivity contribution in [2.45, 2.75) is 6.92 Å². The lowest BCUT2D eigenvalue weighted by atomic mass is 10.2. The molecule has 0 bridgehead atoms. The summed E-state index contributed by atoms with van der Waals surface area (Å²) in [5.41, 5.74) is 1.70. The van der Waals surface area contributed by atoms with Crippen molar-refractivity contribution < 1.29 is 14.1 Å². The van der Waals surface area contributed by atoms with Crippen molar-refractivity contribution in [3.63, 3.8) is 0 Å². The first-order valence-corrected chi connectivity index (χ1v) is 6.32. The van der Waals surface area contributed by atoms with Crippen LogP contribution >= 0.6 is 11.3 Å². The van der Waals surface area contributed by atoms with E-state index in [9.17, 15) is 4.79 Å². The zero-order valence-corrected chi connectivity index (χ0v) is 10.7. The highest BCUT2D eigenvalue weighted by Crippen LogP contribution is 2.21. The van der Waals surface area contributed by atoms with Gasteiger partial charge in [-0.1, -0.05) is 29.5 Å². The van der Waals surface area contributed by atoms with E-state index in [2.05, 4.69) is 0 Å². The van der Waals surface area contributed by atoms with Crippen molar-refractivity contribution in [1.82, 2.24) is 0 Å². The molecular formula is C13H14NO2S+. The van der Waals surface area contributed by atoms with Gasteiger partial charge < -0.3 is 4.74 Å². The molecule has 0 aliphatic rings. The van der Waals surface area contributed by atoms with Gasteiger partial charge in [-0.15, -0.1) is 0 Å². The first kappa shape index (κ1) is 11.8. The molecule has 1 heterocycles. The van der Waals surface area contributed by atoms with E-state index in [0.717, 1.165) is 10.6 Å². The van der Waals surface area contributed by atoms with E-state index in [1.54, 1.807) is 11.3 Å².